The molecular weight excluding hydrogens is 158 g/mol. The van der Waals surface area contributed by atoms with Crippen molar-refractivity contribution >= 4 is 0 Å². The van der Waals surface area contributed by atoms with Gasteiger partial charge in [0, 0.05) is 18.6 Å². The fourth-order valence-electron chi connectivity index (χ4n) is 3.08. The van der Waals surface area contributed by atoms with Crippen LogP contribution in [0.15, 0.2) is 0 Å². The maximum Gasteiger partial charge on any atom is 0.00700 e. The van der Waals surface area contributed by atoms with E-state index in [1.54, 1.807) is 0 Å². The van der Waals surface area contributed by atoms with Gasteiger partial charge in [0.25, 0.3) is 0 Å². The van der Waals surface area contributed by atoms with Crippen molar-refractivity contribution in [2.24, 2.45) is 5.41 Å². The zero-order valence-electron chi connectivity index (χ0n) is 9.34. The highest BCUT2D eigenvalue weighted by Gasteiger charge is 2.42. The molecule has 2 aliphatic rings. The standard InChI is InChI=1S/C12H23N/c1-10(2)13-9-12(6-4-7-12)8-5-11(13)3/h10-11H,4-9H2,1-3H3. The lowest BCUT2D eigenvalue weighted by molar-refractivity contribution is -0.0215. The Morgan fingerprint density at radius 2 is 1.92 bits per heavy atom. The summed E-state index contributed by atoms with van der Waals surface area (Å²) < 4.78 is 0. The predicted octanol–water partition coefficient (Wildman–Crippen LogP) is 3.05. The van der Waals surface area contributed by atoms with Crippen LogP contribution in [-0.4, -0.2) is 23.5 Å². The molecule has 76 valence electrons. The third-order valence-corrected chi connectivity index (χ3v) is 4.25. The van der Waals surface area contributed by atoms with Crippen LogP contribution >= 0.6 is 0 Å². The molecule has 1 heteroatoms. The Labute approximate surface area is 82.5 Å². The number of hydrogen-bond donors (Lipinski definition) is 0. The van der Waals surface area contributed by atoms with Gasteiger partial charge in [-0.25, -0.2) is 0 Å². The highest BCUT2D eigenvalue weighted by Crippen LogP contribution is 2.48. The molecule has 0 aromatic carbocycles. The van der Waals surface area contributed by atoms with E-state index in [4.69, 9.17) is 0 Å². The normalized spacial score (nSPS) is 33.7. The van der Waals surface area contributed by atoms with E-state index in [9.17, 15) is 0 Å². The van der Waals surface area contributed by atoms with Crippen LogP contribution in [0.2, 0.25) is 0 Å². The maximum absolute atomic E-state index is 2.71. The Balaban J connectivity index is 2.01. The second kappa shape index (κ2) is 3.27. The average molecular weight is 181 g/mol. The number of nitrogens with zero attached hydrogens (tertiary/aromatic N) is 1. The minimum absolute atomic E-state index is 0.743. The quantitative estimate of drug-likeness (QED) is 0.601. The number of rotatable bonds is 1. The second-order valence-electron chi connectivity index (χ2n) is 5.51. The molecule has 1 heterocycles. The van der Waals surface area contributed by atoms with Gasteiger partial charge in [-0.2, -0.15) is 0 Å². The largest absolute Gasteiger partial charge is 0.298 e. The summed E-state index contributed by atoms with van der Waals surface area (Å²) in [6.07, 6.45) is 7.42. The highest BCUT2D eigenvalue weighted by atomic mass is 15.2. The molecule has 1 saturated heterocycles. The average Bonchev–Trinajstić information content (AvgIpc) is 2.02. The molecule has 1 atom stereocenters. The van der Waals surface area contributed by atoms with Gasteiger partial charge in [-0.3, -0.25) is 4.90 Å². The molecule has 0 bridgehead atoms. The van der Waals surface area contributed by atoms with E-state index in [2.05, 4.69) is 25.7 Å². The Hall–Kier alpha value is -0.0400. The van der Waals surface area contributed by atoms with Crippen LogP contribution in [0, 0.1) is 5.41 Å². The van der Waals surface area contributed by atoms with Crippen molar-refractivity contribution < 1.29 is 0 Å². The van der Waals surface area contributed by atoms with E-state index in [0.29, 0.717) is 0 Å². The number of piperidine rings is 1. The van der Waals surface area contributed by atoms with Crippen molar-refractivity contribution in [2.75, 3.05) is 6.54 Å². The molecule has 2 rings (SSSR count). The van der Waals surface area contributed by atoms with Crippen molar-refractivity contribution in [3.63, 3.8) is 0 Å². The van der Waals surface area contributed by atoms with E-state index in [-0.39, 0.29) is 0 Å². The molecule has 2 fully saturated rings. The van der Waals surface area contributed by atoms with Crippen molar-refractivity contribution in [2.45, 2.75) is 65.0 Å². The summed E-state index contributed by atoms with van der Waals surface area (Å²) in [5, 5.41) is 0. The van der Waals surface area contributed by atoms with Gasteiger partial charge in [0.2, 0.25) is 0 Å². The molecule has 0 N–H and O–H groups in total. The second-order valence-corrected chi connectivity index (χ2v) is 5.51. The molecule has 13 heavy (non-hydrogen) atoms. The van der Waals surface area contributed by atoms with Gasteiger partial charge < -0.3 is 0 Å². The minimum atomic E-state index is 0.743. The van der Waals surface area contributed by atoms with Gasteiger partial charge in [-0.15, -0.1) is 0 Å². The molecule has 1 nitrogen and oxygen atoms in total. The lowest BCUT2D eigenvalue weighted by Gasteiger charge is -2.52. The van der Waals surface area contributed by atoms with E-state index >= 15 is 0 Å². The lowest BCUT2D eigenvalue weighted by atomic mass is 9.63. The van der Waals surface area contributed by atoms with Gasteiger partial charge in [0.15, 0.2) is 0 Å². The Bertz CT molecular complexity index is 182. The van der Waals surface area contributed by atoms with Crippen LogP contribution in [0.5, 0.6) is 0 Å². The molecule has 1 saturated carbocycles. The van der Waals surface area contributed by atoms with Crippen LogP contribution in [0.3, 0.4) is 0 Å². The third-order valence-electron chi connectivity index (χ3n) is 4.25. The molecule has 1 aliphatic carbocycles. The van der Waals surface area contributed by atoms with Gasteiger partial charge in [-0.05, 0) is 51.9 Å². The molecule has 1 spiro atoms. The number of hydrogen-bond acceptors (Lipinski definition) is 1. The lowest BCUT2D eigenvalue weighted by Crippen LogP contribution is -2.53. The van der Waals surface area contributed by atoms with E-state index < -0.39 is 0 Å². The molecule has 0 radical (unpaired) electrons. The summed E-state index contributed by atoms with van der Waals surface area (Å²) in [6.45, 7) is 8.46. The summed E-state index contributed by atoms with van der Waals surface area (Å²) in [6, 6.07) is 1.57. The van der Waals surface area contributed by atoms with Crippen LogP contribution < -0.4 is 0 Å². The minimum Gasteiger partial charge on any atom is -0.298 e. The van der Waals surface area contributed by atoms with Gasteiger partial charge >= 0.3 is 0 Å². The summed E-state index contributed by atoms with van der Waals surface area (Å²) in [4.78, 5) is 2.71. The van der Waals surface area contributed by atoms with Crippen molar-refractivity contribution in [3.8, 4) is 0 Å². The SMILES string of the molecule is CC(C)N1CC2(CCC2)CCC1C. The first-order valence-electron chi connectivity index (χ1n) is 5.89. The van der Waals surface area contributed by atoms with E-state index in [0.717, 1.165) is 17.5 Å². The molecule has 0 aromatic rings. The predicted molar refractivity (Wildman–Crippen MR) is 56.8 cm³/mol. The first kappa shape index (κ1) is 9.51. The monoisotopic (exact) mass is 181 g/mol. The third kappa shape index (κ3) is 1.63. The van der Waals surface area contributed by atoms with E-state index in [1.165, 1.54) is 38.6 Å². The summed E-state index contributed by atoms with van der Waals surface area (Å²) in [5.41, 5.74) is 0.761. The smallest absolute Gasteiger partial charge is 0.00700 e. The fourth-order valence-corrected chi connectivity index (χ4v) is 3.08. The van der Waals surface area contributed by atoms with Crippen LogP contribution in [-0.2, 0) is 0 Å². The molecule has 1 aliphatic heterocycles. The van der Waals surface area contributed by atoms with Gasteiger partial charge in [0.05, 0.1) is 0 Å². The Kier molecular flexibility index (Phi) is 2.39. The van der Waals surface area contributed by atoms with Gasteiger partial charge in [0.1, 0.15) is 0 Å². The molecule has 0 aromatic heterocycles. The van der Waals surface area contributed by atoms with Crippen molar-refractivity contribution in [1.29, 1.82) is 0 Å². The molecule has 0 amide bonds. The Morgan fingerprint density at radius 3 is 2.38 bits per heavy atom. The van der Waals surface area contributed by atoms with Crippen molar-refractivity contribution in [3.05, 3.63) is 0 Å². The Morgan fingerprint density at radius 1 is 1.23 bits per heavy atom. The summed E-state index contributed by atoms with van der Waals surface area (Å²) in [7, 11) is 0. The zero-order valence-corrected chi connectivity index (χ0v) is 9.34. The summed E-state index contributed by atoms with van der Waals surface area (Å²) >= 11 is 0. The van der Waals surface area contributed by atoms with Crippen LogP contribution in [0.4, 0.5) is 0 Å². The first-order valence-corrected chi connectivity index (χ1v) is 5.89. The van der Waals surface area contributed by atoms with Crippen LogP contribution in [0.1, 0.15) is 52.9 Å². The first-order chi connectivity index (χ1) is 6.13. The molecular formula is C12H23N. The van der Waals surface area contributed by atoms with Crippen molar-refractivity contribution in [1.82, 2.24) is 4.90 Å². The number of likely N-dealkylation sites (tertiary alicyclic amines) is 1. The maximum atomic E-state index is 2.71. The fraction of sp³-hybridized carbons (Fsp3) is 1.00. The zero-order chi connectivity index (χ0) is 9.47. The van der Waals surface area contributed by atoms with E-state index in [1.807, 2.05) is 0 Å². The van der Waals surface area contributed by atoms with Gasteiger partial charge in [-0.1, -0.05) is 6.42 Å². The van der Waals surface area contributed by atoms with Crippen LogP contribution in [0.25, 0.3) is 0 Å². The summed E-state index contributed by atoms with van der Waals surface area (Å²) in [5.74, 6) is 0. The topological polar surface area (TPSA) is 3.24 Å². The molecule has 1 unspecified atom stereocenters. The highest BCUT2D eigenvalue weighted by molar-refractivity contribution is 4.96.